The van der Waals surface area contributed by atoms with Crippen molar-refractivity contribution >= 4 is 35.8 Å². The lowest BCUT2D eigenvalue weighted by Crippen LogP contribution is -2.39. The highest BCUT2D eigenvalue weighted by Crippen LogP contribution is 2.34. The Morgan fingerprint density at radius 1 is 1.17 bits per heavy atom. The van der Waals surface area contributed by atoms with E-state index in [-0.39, 0.29) is 29.9 Å². The van der Waals surface area contributed by atoms with Crippen LogP contribution in [0.15, 0.2) is 29.3 Å². The molecule has 2 fully saturated rings. The average Bonchev–Trinajstić information content (AvgIpc) is 3.61. The zero-order valence-corrected chi connectivity index (χ0v) is 21.0. The van der Waals surface area contributed by atoms with Crippen molar-refractivity contribution in [2.45, 2.75) is 45.1 Å². The van der Waals surface area contributed by atoms with Gasteiger partial charge in [0.05, 0.1) is 6.54 Å². The molecule has 2 N–H and O–H groups in total. The zero-order chi connectivity index (χ0) is 20.6. The number of aliphatic imine (C=N–C) groups is 1. The molecule has 2 aliphatic rings. The number of nitrogens with one attached hydrogen (secondary N) is 2. The van der Waals surface area contributed by atoms with E-state index < -0.39 is 0 Å². The first kappa shape index (κ1) is 24.9. The first-order valence-electron chi connectivity index (χ1n) is 11.1. The quantitative estimate of drug-likeness (QED) is 0.264. The predicted molar refractivity (Wildman–Crippen MR) is 135 cm³/mol. The smallest absolute Gasteiger partial charge is 0.253 e. The highest BCUT2D eigenvalue weighted by Gasteiger charge is 2.33. The van der Waals surface area contributed by atoms with Crippen LogP contribution < -0.4 is 10.6 Å². The number of hydrogen-bond acceptors (Lipinski definition) is 3. The predicted octanol–water partition coefficient (Wildman–Crippen LogP) is 2.98. The van der Waals surface area contributed by atoms with Gasteiger partial charge in [0, 0.05) is 51.9 Å². The van der Waals surface area contributed by atoms with Crippen LogP contribution >= 0.6 is 24.0 Å². The molecule has 1 aromatic rings. The molecule has 0 heterocycles. The lowest BCUT2D eigenvalue weighted by atomic mass is 10.1. The maximum atomic E-state index is 12.1. The van der Waals surface area contributed by atoms with Crippen LogP contribution in [0.4, 0.5) is 0 Å². The molecule has 0 spiro atoms. The van der Waals surface area contributed by atoms with Gasteiger partial charge in [0.2, 0.25) is 0 Å². The van der Waals surface area contributed by atoms with E-state index in [1.165, 1.54) is 32.2 Å². The molecule has 0 radical (unpaired) electrons. The molecule has 3 rings (SSSR count). The highest BCUT2D eigenvalue weighted by molar-refractivity contribution is 14.0. The number of nitrogens with zero attached hydrogens (tertiary/aromatic N) is 3. The van der Waals surface area contributed by atoms with Gasteiger partial charge in [-0.05, 0) is 62.6 Å². The van der Waals surface area contributed by atoms with Crippen LogP contribution in [0.25, 0.3) is 0 Å². The summed E-state index contributed by atoms with van der Waals surface area (Å²) in [6.45, 7) is 6.91. The van der Waals surface area contributed by atoms with E-state index in [1.54, 1.807) is 19.0 Å². The van der Waals surface area contributed by atoms with Crippen molar-refractivity contribution in [2.75, 3.05) is 46.8 Å². The van der Waals surface area contributed by atoms with Crippen molar-refractivity contribution in [1.29, 1.82) is 0 Å². The average molecular weight is 527 g/mol. The Morgan fingerprint density at radius 2 is 1.93 bits per heavy atom. The van der Waals surface area contributed by atoms with Gasteiger partial charge in [-0.3, -0.25) is 14.7 Å². The van der Waals surface area contributed by atoms with E-state index in [2.05, 4.69) is 28.5 Å². The van der Waals surface area contributed by atoms with Crippen molar-refractivity contribution in [3.05, 3.63) is 35.4 Å². The minimum Gasteiger partial charge on any atom is -0.357 e. The van der Waals surface area contributed by atoms with E-state index in [0.29, 0.717) is 0 Å². The van der Waals surface area contributed by atoms with Gasteiger partial charge in [-0.2, -0.15) is 0 Å². The summed E-state index contributed by atoms with van der Waals surface area (Å²) in [7, 11) is 3.56. The van der Waals surface area contributed by atoms with Crippen molar-refractivity contribution in [3.63, 3.8) is 0 Å². The molecule has 2 saturated carbocycles. The number of carbonyl (C=O) groups excluding carboxylic acids is 1. The third kappa shape index (κ3) is 8.41. The van der Waals surface area contributed by atoms with Gasteiger partial charge >= 0.3 is 0 Å². The van der Waals surface area contributed by atoms with Gasteiger partial charge < -0.3 is 15.5 Å². The molecule has 168 valence electrons. The van der Waals surface area contributed by atoms with Crippen LogP contribution in [0.5, 0.6) is 0 Å². The molecule has 0 saturated heterocycles. The van der Waals surface area contributed by atoms with Crippen LogP contribution in [-0.2, 0) is 6.42 Å². The molecule has 0 unspecified atom stereocenters. The maximum absolute atomic E-state index is 12.1. The van der Waals surface area contributed by atoms with Gasteiger partial charge in [-0.25, -0.2) is 0 Å². The summed E-state index contributed by atoms with van der Waals surface area (Å²) >= 11 is 0. The lowest BCUT2D eigenvalue weighted by molar-refractivity contribution is 0.0827. The third-order valence-electron chi connectivity index (χ3n) is 5.54. The maximum Gasteiger partial charge on any atom is 0.253 e. The molecule has 1 aromatic carbocycles. The number of amides is 1. The molecule has 1 amide bonds. The molecule has 7 heteroatoms. The Hall–Kier alpha value is -1.35. The number of hydrogen-bond donors (Lipinski definition) is 2. The largest absolute Gasteiger partial charge is 0.357 e. The molecule has 6 nitrogen and oxygen atoms in total. The molecule has 0 aromatic heterocycles. The second kappa shape index (κ2) is 12.5. The Kier molecular flexibility index (Phi) is 10.4. The van der Waals surface area contributed by atoms with Crippen molar-refractivity contribution < 1.29 is 4.79 Å². The van der Waals surface area contributed by atoms with Crippen LogP contribution in [0.1, 0.15) is 48.5 Å². The lowest BCUT2D eigenvalue weighted by Gasteiger charge is -2.21. The molecule has 2 aliphatic carbocycles. The fourth-order valence-electron chi connectivity index (χ4n) is 3.57. The van der Waals surface area contributed by atoms with Crippen molar-refractivity contribution in [3.8, 4) is 0 Å². The van der Waals surface area contributed by atoms with Crippen LogP contribution in [0.2, 0.25) is 0 Å². The summed E-state index contributed by atoms with van der Waals surface area (Å²) in [6.07, 6.45) is 6.42. The summed E-state index contributed by atoms with van der Waals surface area (Å²) in [6, 6.07) is 8.71. The fraction of sp³-hybridized carbons (Fsp3) is 0.652. The van der Waals surface area contributed by atoms with Gasteiger partial charge in [0.25, 0.3) is 5.91 Å². The van der Waals surface area contributed by atoms with Gasteiger partial charge in [0.1, 0.15) is 0 Å². The normalized spacial score (nSPS) is 16.2. The zero-order valence-electron chi connectivity index (χ0n) is 18.7. The van der Waals surface area contributed by atoms with E-state index in [1.807, 2.05) is 18.2 Å². The minimum atomic E-state index is 0. The summed E-state index contributed by atoms with van der Waals surface area (Å²) < 4.78 is 0. The summed E-state index contributed by atoms with van der Waals surface area (Å²) in [5, 5.41) is 6.78. The van der Waals surface area contributed by atoms with Gasteiger partial charge in [-0.1, -0.05) is 12.1 Å². The number of rotatable bonds is 11. The number of halogens is 1. The standard InChI is InChI=1S/C23H37N5O.HI/c1-4-24-23(26-14-15-28(21-10-11-21)17-19-8-9-19)25-13-12-18-6-5-7-20(16-18)22(29)27(2)3;/h5-7,16,19,21H,4,8-15,17H2,1-3H3,(H2,24,25,26);1H. The van der Waals surface area contributed by atoms with Crippen molar-refractivity contribution in [1.82, 2.24) is 20.4 Å². The highest BCUT2D eigenvalue weighted by atomic mass is 127. The van der Waals surface area contributed by atoms with Crippen molar-refractivity contribution in [2.24, 2.45) is 10.9 Å². The van der Waals surface area contributed by atoms with E-state index in [4.69, 9.17) is 4.99 Å². The van der Waals surface area contributed by atoms with Crippen LogP contribution in [0, 0.1) is 5.92 Å². The first-order chi connectivity index (χ1) is 14.1. The molecular weight excluding hydrogens is 489 g/mol. The Morgan fingerprint density at radius 3 is 2.57 bits per heavy atom. The van der Waals surface area contributed by atoms with Gasteiger partial charge in [-0.15, -0.1) is 24.0 Å². The number of guanidine groups is 1. The van der Waals surface area contributed by atoms with E-state index in [9.17, 15) is 4.79 Å². The Balaban J connectivity index is 0.00000320. The second-order valence-corrected chi connectivity index (χ2v) is 8.51. The fourth-order valence-corrected chi connectivity index (χ4v) is 3.57. The molecular formula is C23H38IN5O. The minimum absolute atomic E-state index is 0. The Bertz CT molecular complexity index is 701. The van der Waals surface area contributed by atoms with E-state index in [0.717, 1.165) is 61.6 Å². The van der Waals surface area contributed by atoms with Crippen LogP contribution in [0.3, 0.4) is 0 Å². The second-order valence-electron chi connectivity index (χ2n) is 8.51. The SMILES string of the molecule is CCNC(=NCCN(CC1CC1)C1CC1)NCCc1cccc(C(=O)N(C)C)c1.I. The monoisotopic (exact) mass is 527 g/mol. The molecule has 30 heavy (non-hydrogen) atoms. The van der Waals surface area contributed by atoms with Crippen LogP contribution in [-0.4, -0.2) is 74.5 Å². The molecule has 0 aliphatic heterocycles. The Labute approximate surface area is 198 Å². The number of benzene rings is 1. The summed E-state index contributed by atoms with van der Waals surface area (Å²) in [5.74, 6) is 1.87. The summed E-state index contributed by atoms with van der Waals surface area (Å²) in [5.41, 5.74) is 1.90. The first-order valence-corrected chi connectivity index (χ1v) is 11.1. The van der Waals surface area contributed by atoms with E-state index >= 15 is 0 Å². The molecule has 0 bridgehead atoms. The number of carbonyl (C=O) groups is 1. The van der Waals surface area contributed by atoms with Gasteiger partial charge in [0.15, 0.2) is 5.96 Å². The molecule has 0 atom stereocenters. The third-order valence-corrected chi connectivity index (χ3v) is 5.54. The topological polar surface area (TPSA) is 60.0 Å². The summed E-state index contributed by atoms with van der Waals surface area (Å²) in [4.78, 5) is 21.2.